The molecule has 6 rings (SSSR count). The number of hydrogen-bond acceptors (Lipinski definition) is 7. The molecule has 282 valence electrons. The molecule has 4 N–H and O–H groups in total. The van der Waals surface area contributed by atoms with E-state index in [1.165, 1.54) is 17.0 Å². The summed E-state index contributed by atoms with van der Waals surface area (Å²) in [4.78, 5) is 57.8. The van der Waals surface area contributed by atoms with Crippen LogP contribution >= 0.6 is 0 Å². The Labute approximate surface area is 304 Å². The average Bonchev–Trinajstić information content (AvgIpc) is 3.97. The Bertz CT molecular complexity index is 1880. The number of hydrogen-bond donors (Lipinski definition) is 4. The van der Waals surface area contributed by atoms with E-state index in [-0.39, 0.29) is 54.7 Å². The van der Waals surface area contributed by atoms with Crippen LogP contribution in [0.1, 0.15) is 96.4 Å². The molecule has 12 nitrogen and oxygen atoms in total. The van der Waals surface area contributed by atoms with Crippen LogP contribution in [-0.2, 0) is 36.4 Å². The maximum Gasteiger partial charge on any atom is 0.408 e. The summed E-state index contributed by atoms with van der Waals surface area (Å²) in [6.07, 6.45) is 0.482. The van der Waals surface area contributed by atoms with Gasteiger partial charge in [0.15, 0.2) is 0 Å². The fourth-order valence-electron chi connectivity index (χ4n) is 7.98. The predicted octanol–water partition coefficient (Wildman–Crippen LogP) is 4.91. The first-order valence-corrected chi connectivity index (χ1v) is 19.7. The molecule has 3 unspecified atom stereocenters. The number of halogens is 1. The fourth-order valence-corrected chi connectivity index (χ4v) is 9.35. The monoisotopic (exact) mass is 739 g/mol. The summed E-state index contributed by atoms with van der Waals surface area (Å²) in [5.74, 6) is -3.44. The van der Waals surface area contributed by atoms with E-state index in [1.54, 1.807) is 6.07 Å². The van der Waals surface area contributed by atoms with E-state index in [9.17, 15) is 37.1 Å². The molecule has 4 amide bonds. The van der Waals surface area contributed by atoms with Crippen LogP contribution in [0.25, 0.3) is 0 Å². The zero-order valence-electron chi connectivity index (χ0n) is 30.6. The lowest BCUT2D eigenvalue weighted by molar-refractivity contribution is -0.140. The van der Waals surface area contributed by atoms with Crippen molar-refractivity contribution in [3.05, 3.63) is 65.0 Å². The van der Waals surface area contributed by atoms with Crippen molar-refractivity contribution < 1.29 is 37.1 Å². The van der Waals surface area contributed by atoms with Crippen molar-refractivity contribution in [1.29, 1.82) is 0 Å². The summed E-state index contributed by atoms with van der Waals surface area (Å²) in [5, 5.41) is 15.8. The number of anilines is 1. The number of rotatable bonds is 11. The van der Waals surface area contributed by atoms with Gasteiger partial charge in [0, 0.05) is 23.7 Å². The Kier molecular flexibility index (Phi) is 9.86. The minimum atomic E-state index is -3.88. The van der Waals surface area contributed by atoms with E-state index < -0.39 is 68.6 Å². The Morgan fingerprint density at radius 1 is 1.06 bits per heavy atom. The van der Waals surface area contributed by atoms with Gasteiger partial charge in [-0.15, -0.1) is 0 Å². The van der Waals surface area contributed by atoms with Crippen molar-refractivity contribution >= 4 is 39.5 Å². The number of nitrogens with one attached hydrogen (secondary N) is 3. The molecule has 1 saturated heterocycles. The lowest BCUT2D eigenvalue weighted by Gasteiger charge is -2.32. The normalized spacial score (nSPS) is 26.2. The Hall–Kier alpha value is -4.20. The smallest absolute Gasteiger partial charge is 0.408 e. The summed E-state index contributed by atoms with van der Waals surface area (Å²) in [5.41, 5.74) is 0.941. The van der Waals surface area contributed by atoms with E-state index in [4.69, 9.17) is 0 Å². The van der Waals surface area contributed by atoms with Gasteiger partial charge in [0.25, 0.3) is 5.91 Å². The minimum Gasteiger partial charge on any atom is -0.465 e. The molecule has 2 saturated carbocycles. The highest BCUT2D eigenvalue weighted by Gasteiger charge is 2.62. The van der Waals surface area contributed by atoms with Crippen LogP contribution in [-0.4, -0.2) is 76.6 Å². The first kappa shape index (κ1) is 37.6. The summed E-state index contributed by atoms with van der Waals surface area (Å²) in [6, 6.07) is 9.57. The Morgan fingerprint density at radius 3 is 2.35 bits per heavy atom. The SMILES string of the molecule is CCC1CC1(NC(=O)[C@@H]1C[C@@H](C2c3cccc(F)c3CN2C(=O)O)CN1C(=O)[C@@H](Nc1cccc(C(C)(C)C)c1)C(C)C)C(=O)NS(=O)(=O)C1CC1. The summed E-state index contributed by atoms with van der Waals surface area (Å²) < 4.78 is 42.6. The highest BCUT2D eigenvalue weighted by atomic mass is 32.2. The van der Waals surface area contributed by atoms with E-state index in [2.05, 4.69) is 36.1 Å². The van der Waals surface area contributed by atoms with Crippen LogP contribution in [0.4, 0.5) is 14.9 Å². The molecule has 2 aliphatic carbocycles. The minimum absolute atomic E-state index is 0.000707. The van der Waals surface area contributed by atoms with Gasteiger partial charge in [-0.2, -0.15) is 0 Å². The molecule has 0 aromatic heterocycles. The average molecular weight is 740 g/mol. The number of carbonyl (C=O) groups is 4. The zero-order valence-corrected chi connectivity index (χ0v) is 31.4. The van der Waals surface area contributed by atoms with Gasteiger partial charge in [-0.25, -0.2) is 17.6 Å². The van der Waals surface area contributed by atoms with Crippen LogP contribution in [0.15, 0.2) is 42.5 Å². The maximum absolute atomic E-state index is 15.0. The molecule has 2 aromatic rings. The number of nitrogens with zero attached hydrogens (tertiary/aromatic N) is 2. The highest BCUT2D eigenvalue weighted by molar-refractivity contribution is 7.91. The highest BCUT2D eigenvalue weighted by Crippen LogP contribution is 2.48. The standard InChI is InChI=1S/C38H50FN5O7S/c1-7-23-18-38(23,35(47)42-52(50,51)26-14-15-26)41-33(45)30-16-22(32-27-12-9-13-29(39)28(27)20-44(32)36(48)49)19-43(30)34(46)31(21(2)3)40-25-11-8-10-24(17-25)37(4,5)6/h8-13,17,21-23,26,30-32,40H,7,14-16,18-20H2,1-6H3,(H,41,45)(H,42,47)(H,48,49)/t22-,23?,30+,31+,32?,38?/m1/s1. The van der Waals surface area contributed by atoms with Gasteiger partial charge in [-0.05, 0) is 72.3 Å². The van der Waals surface area contributed by atoms with Gasteiger partial charge in [0.1, 0.15) is 23.4 Å². The largest absolute Gasteiger partial charge is 0.465 e. The number of fused-ring (bicyclic) bond motifs is 1. The van der Waals surface area contributed by atoms with Crippen molar-refractivity contribution in [3.8, 4) is 0 Å². The first-order valence-electron chi connectivity index (χ1n) is 18.2. The van der Waals surface area contributed by atoms with Crippen molar-refractivity contribution in [2.24, 2.45) is 17.8 Å². The van der Waals surface area contributed by atoms with Crippen molar-refractivity contribution in [2.45, 2.75) is 115 Å². The van der Waals surface area contributed by atoms with Gasteiger partial charge in [-0.3, -0.25) is 24.0 Å². The number of likely N-dealkylation sites (tertiary alicyclic amines) is 1. The third kappa shape index (κ3) is 7.10. The van der Waals surface area contributed by atoms with Crippen LogP contribution in [0.3, 0.4) is 0 Å². The molecular formula is C38H50FN5O7S. The van der Waals surface area contributed by atoms with Gasteiger partial charge < -0.3 is 20.6 Å². The molecular weight excluding hydrogens is 690 g/mol. The molecule has 0 bridgehead atoms. The van der Waals surface area contributed by atoms with Gasteiger partial charge in [-0.1, -0.05) is 72.2 Å². The zero-order chi connectivity index (χ0) is 37.9. The molecule has 2 aliphatic heterocycles. The fraction of sp³-hybridized carbons (Fsp3) is 0.579. The number of carboxylic acid groups (broad SMARTS) is 1. The first-order chi connectivity index (χ1) is 24.4. The molecule has 0 spiro atoms. The lowest BCUT2D eigenvalue weighted by atomic mass is 9.87. The predicted molar refractivity (Wildman–Crippen MR) is 193 cm³/mol. The van der Waals surface area contributed by atoms with Crippen LogP contribution in [0, 0.1) is 23.6 Å². The van der Waals surface area contributed by atoms with Crippen LogP contribution in [0.5, 0.6) is 0 Å². The number of carbonyl (C=O) groups excluding carboxylic acids is 3. The van der Waals surface area contributed by atoms with Crippen LogP contribution < -0.4 is 15.4 Å². The third-order valence-corrected chi connectivity index (χ3v) is 13.1. The summed E-state index contributed by atoms with van der Waals surface area (Å²) >= 11 is 0. The number of sulfonamides is 1. The second-order valence-corrected chi connectivity index (χ2v) is 18.3. The van der Waals surface area contributed by atoms with E-state index in [1.807, 2.05) is 45.0 Å². The quantitative estimate of drug-likeness (QED) is 0.253. The molecule has 0 radical (unpaired) electrons. The topological polar surface area (TPSA) is 165 Å². The van der Waals surface area contributed by atoms with Crippen LogP contribution in [0.2, 0.25) is 0 Å². The van der Waals surface area contributed by atoms with E-state index in [0.717, 1.165) is 16.2 Å². The van der Waals surface area contributed by atoms with E-state index in [0.29, 0.717) is 24.8 Å². The van der Waals surface area contributed by atoms with E-state index >= 15 is 0 Å². The molecule has 2 aromatic carbocycles. The Morgan fingerprint density at radius 2 is 1.75 bits per heavy atom. The van der Waals surface area contributed by atoms with Crippen molar-refractivity contribution in [1.82, 2.24) is 19.8 Å². The molecule has 52 heavy (non-hydrogen) atoms. The number of amides is 4. The molecule has 14 heteroatoms. The van der Waals surface area contributed by atoms with Gasteiger partial charge in [0.2, 0.25) is 21.8 Å². The third-order valence-electron chi connectivity index (χ3n) is 11.3. The molecule has 4 aliphatic rings. The van der Waals surface area contributed by atoms with Crippen molar-refractivity contribution in [3.63, 3.8) is 0 Å². The lowest BCUT2D eigenvalue weighted by Crippen LogP contribution is -2.58. The molecule has 3 fully saturated rings. The number of benzene rings is 2. The maximum atomic E-state index is 15.0. The molecule has 2 heterocycles. The summed E-state index contributed by atoms with van der Waals surface area (Å²) in [7, 11) is -3.88. The second kappa shape index (κ2) is 13.7. The van der Waals surface area contributed by atoms with Gasteiger partial charge >= 0.3 is 6.09 Å². The molecule has 6 atom stereocenters. The summed E-state index contributed by atoms with van der Waals surface area (Å²) in [6.45, 7) is 11.8. The Balaban J connectivity index is 1.33. The second-order valence-electron chi connectivity index (χ2n) is 16.3. The van der Waals surface area contributed by atoms with Crippen molar-refractivity contribution in [2.75, 3.05) is 11.9 Å². The van der Waals surface area contributed by atoms with Gasteiger partial charge in [0.05, 0.1) is 17.8 Å².